The van der Waals surface area contributed by atoms with Crippen molar-refractivity contribution in [3.05, 3.63) is 36.4 Å². The molecule has 1 aromatic heterocycles. The van der Waals surface area contributed by atoms with Gasteiger partial charge in [0.2, 0.25) is 11.8 Å². The number of likely N-dealkylation sites (N-methyl/N-ethyl adjacent to an activating group) is 1. The van der Waals surface area contributed by atoms with Crippen LogP contribution in [0, 0.1) is 0 Å². The van der Waals surface area contributed by atoms with E-state index in [0.29, 0.717) is 23.6 Å². The van der Waals surface area contributed by atoms with Gasteiger partial charge in [0, 0.05) is 50.1 Å². The average molecular weight is 425 g/mol. The molecule has 2 N–H and O–H groups in total. The molecule has 0 unspecified atom stereocenters. The molecule has 8 heteroatoms. The lowest BCUT2D eigenvalue weighted by Gasteiger charge is -2.37. The molecule has 164 valence electrons. The van der Waals surface area contributed by atoms with Gasteiger partial charge >= 0.3 is 0 Å². The fraction of sp³-hybridized carbons (Fsp3) is 0.391. The first-order valence-corrected chi connectivity index (χ1v) is 10.5. The molecule has 0 aliphatic carbocycles. The Balaban J connectivity index is 1.46. The van der Waals surface area contributed by atoms with Crippen LogP contribution in [0.1, 0.15) is 6.92 Å². The normalized spacial score (nSPS) is 16.4. The number of benzene rings is 2. The number of carbonyl (C=O) groups excluding carboxylic acids is 2. The van der Waals surface area contributed by atoms with Gasteiger partial charge in [0.25, 0.3) is 0 Å². The number of nitrogens with one attached hydrogen (secondary N) is 2. The molecule has 4 rings (SSSR count). The number of para-hydroxylation sites is 1. The summed E-state index contributed by atoms with van der Waals surface area (Å²) in [5.74, 6) is 0.496. The number of hydrogen-bond acceptors (Lipinski definition) is 6. The largest absolute Gasteiger partial charge is 0.495 e. The van der Waals surface area contributed by atoms with Gasteiger partial charge in [0.15, 0.2) is 0 Å². The lowest BCUT2D eigenvalue weighted by atomic mass is 10.1. The van der Waals surface area contributed by atoms with Crippen molar-refractivity contribution in [2.75, 3.05) is 52.2 Å². The molecule has 2 amide bonds. The van der Waals surface area contributed by atoms with E-state index in [1.807, 2.05) is 43.3 Å². The maximum Gasteiger partial charge on any atom is 0.241 e. The molecule has 2 heterocycles. The Labute approximate surface area is 181 Å². The molecule has 1 fully saturated rings. The van der Waals surface area contributed by atoms with Crippen molar-refractivity contribution in [1.29, 1.82) is 0 Å². The third-order valence-corrected chi connectivity index (χ3v) is 5.94. The van der Waals surface area contributed by atoms with Gasteiger partial charge in [0.1, 0.15) is 16.9 Å². The molecule has 0 saturated carbocycles. The Morgan fingerprint density at radius 3 is 2.55 bits per heavy atom. The second-order valence-electron chi connectivity index (χ2n) is 7.80. The van der Waals surface area contributed by atoms with Crippen LogP contribution in [-0.4, -0.2) is 74.5 Å². The SMILES string of the molecule is CNC(=O)CN1CCN([C@@H](C)C(=O)Nc2cc3oc4ccccc4c3cc2OC)CC1. The average Bonchev–Trinajstić information content (AvgIpc) is 3.15. The molecular formula is C23H28N4O4. The van der Waals surface area contributed by atoms with Crippen molar-refractivity contribution in [2.24, 2.45) is 0 Å². The molecule has 2 aromatic carbocycles. The number of fused-ring (bicyclic) bond motifs is 3. The zero-order valence-electron chi connectivity index (χ0n) is 18.1. The van der Waals surface area contributed by atoms with Gasteiger partial charge in [-0.1, -0.05) is 18.2 Å². The third kappa shape index (κ3) is 4.35. The monoisotopic (exact) mass is 424 g/mol. The first kappa shape index (κ1) is 21.1. The van der Waals surface area contributed by atoms with E-state index < -0.39 is 0 Å². The van der Waals surface area contributed by atoms with Crippen LogP contribution in [0.15, 0.2) is 40.8 Å². The number of furan rings is 1. The minimum atomic E-state index is -0.307. The maximum atomic E-state index is 13.0. The summed E-state index contributed by atoms with van der Waals surface area (Å²) >= 11 is 0. The highest BCUT2D eigenvalue weighted by Crippen LogP contribution is 2.36. The lowest BCUT2D eigenvalue weighted by Crippen LogP contribution is -2.54. The van der Waals surface area contributed by atoms with Crippen LogP contribution >= 0.6 is 0 Å². The third-order valence-electron chi connectivity index (χ3n) is 5.94. The van der Waals surface area contributed by atoms with Crippen molar-refractivity contribution >= 4 is 39.4 Å². The van der Waals surface area contributed by atoms with Crippen molar-refractivity contribution in [1.82, 2.24) is 15.1 Å². The predicted octanol–water partition coefficient (Wildman–Crippen LogP) is 2.29. The van der Waals surface area contributed by atoms with Crippen LogP contribution in [0.3, 0.4) is 0 Å². The number of carbonyl (C=O) groups is 2. The molecule has 8 nitrogen and oxygen atoms in total. The highest BCUT2D eigenvalue weighted by molar-refractivity contribution is 6.08. The fourth-order valence-corrected chi connectivity index (χ4v) is 4.01. The van der Waals surface area contributed by atoms with Crippen molar-refractivity contribution in [3.63, 3.8) is 0 Å². The zero-order valence-corrected chi connectivity index (χ0v) is 18.1. The summed E-state index contributed by atoms with van der Waals surface area (Å²) < 4.78 is 11.5. The van der Waals surface area contributed by atoms with Crippen LogP contribution in [0.4, 0.5) is 5.69 Å². The van der Waals surface area contributed by atoms with E-state index in [-0.39, 0.29) is 17.9 Å². The quantitative estimate of drug-likeness (QED) is 0.631. The molecular weight excluding hydrogens is 396 g/mol. The highest BCUT2D eigenvalue weighted by Gasteiger charge is 2.27. The smallest absolute Gasteiger partial charge is 0.241 e. The molecule has 31 heavy (non-hydrogen) atoms. The Bertz CT molecular complexity index is 1100. The molecule has 1 aliphatic heterocycles. The summed E-state index contributed by atoms with van der Waals surface area (Å²) in [4.78, 5) is 28.8. The van der Waals surface area contributed by atoms with Gasteiger partial charge < -0.3 is 19.8 Å². The number of rotatable bonds is 6. The number of hydrogen-bond donors (Lipinski definition) is 2. The van der Waals surface area contributed by atoms with E-state index in [2.05, 4.69) is 20.4 Å². The molecule has 0 spiro atoms. The summed E-state index contributed by atoms with van der Waals surface area (Å²) in [6.45, 7) is 5.24. The summed E-state index contributed by atoms with van der Waals surface area (Å²) in [5, 5.41) is 7.61. The Morgan fingerprint density at radius 2 is 1.84 bits per heavy atom. The maximum absolute atomic E-state index is 13.0. The standard InChI is InChI=1S/C23H28N4O4/c1-15(27-10-8-26(9-11-27)14-22(28)24-2)23(29)25-18-13-20-17(12-21(18)30-3)16-6-4-5-7-19(16)31-20/h4-7,12-13,15H,8-11,14H2,1-3H3,(H,24,28)(H,25,29)/t15-/m0/s1. The van der Waals surface area contributed by atoms with Gasteiger partial charge in [-0.3, -0.25) is 19.4 Å². The van der Waals surface area contributed by atoms with E-state index in [1.165, 1.54) is 0 Å². The number of methoxy groups -OCH3 is 1. The Morgan fingerprint density at radius 1 is 1.10 bits per heavy atom. The number of ether oxygens (including phenoxy) is 1. The van der Waals surface area contributed by atoms with Crippen LogP contribution in [0.2, 0.25) is 0 Å². The molecule has 1 aliphatic rings. The number of nitrogens with zero attached hydrogens (tertiary/aromatic N) is 2. The first-order valence-electron chi connectivity index (χ1n) is 10.5. The molecule has 0 bridgehead atoms. The van der Waals surface area contributed by atoms with E-state index >= 15 is 0 Å². The second kappa shape index (κ2) is 8.95. The van der Waals surface area contributed by atoms with E-state index in [1.54, 1.807) is 14.2 Å². The van der Waals surface area contributed by atoms with Gasteiger partial charge in [-0.2, -0.15) is 0 Å². The first-order chi connectivity index (χ1) is 15.0. The summed E-state index contributed by atoms with van der Waals surface area (Å²) in [5.41, 5.74) is 2.09. The van der Waals surface area contributed by atoms with Crippen molar-refractivity contribution in [2.45, 2.75) is 13.0 Å². The van der Waals surface area contributed by atoms with Crippen LogP contribution in [-0.2, 0) is 9.59 Å². The number of amides is 2. The van der Waals surface area contributed by atoms with Gasteiger partial charge in [-0.25, -0.2) is 0 Å². The molecule has 1 saturated heterocycles. The summed E-state index contributed by atoms with van der Waals surface area (Å²) in [6, 6.07) is 11.2. The summed E-state index contributed by atoms with van der Waals surface area (Å²) in [7, 11) is 3.23. The van der Waals surface area contributed by atoms with E-state index in [4.69, 9.17) is 9.15 Å². The van der Waals surface area contributed by atoms with Crippen molar-refractivity contribution < 1.29 is 18.7 Å². The lowest BCUT2D eigenvalue weighted by molar-refractivity contribution is -0.124. The van der Waals surface area contributed by atoms with Crippen LogP contribution in [0.25, 0.3) is 21.9 Å². The molecule has 3 aromatic rings. The topological polar surface area (TPSA) is 87.1 Å². The van der Waals surface area contributed by atoms with E-state index in [0.717, 1.165) is 42.5 Å². The van der Waals surface area contributed by atoms with Gasteiger partial charge in [0.05, 0.1) is 25.4 Å². The molecule has 0 radical (unpaired) electrons. The minimum Gasteiger partial charge on any atom is -0.495 e. The minimum absolute atomic E-state index is 0.00677. The van der Waals surface area contributed by atoms with Crippen LogP contribution < -0.4 is 15.4 Å². The number of anilines is 1. The van der Waals surface area contributed by atoms with E-state index in [9.17, 15) is 9.59 Å². The van der Waals surface area contributed by atoms with Gasteiger partial charge in [-0.05, 0) is 19.1 Å². The fourth-order valence-electron chi connectivity index (χ4n) is 4.01. The zero-order chi connectivity index (χ0) is 22.0. The Hall–Kier alpha value is -3.10. The Kier molecular flexibility index (Phi) is 6.11. The number of piperazine rings is 1. The molecule has 1 atom stereocenters. The second-order valence-corrected chi connectivity index (χ2v) is 7.80. The van der Waals surface area contributed by atoms with Gasteiger partial charge in [-0.15, -0.1) is 0 Å². The van der Waals surface area contributed by atoms with Crippen molar-refractivity contribution in [3.8, 4) is 5.75 Å². The van der Waals surface area contributed by atoms with Crippen LogP contribution in [0.5, 0.6) is 5.75 Å². The predicted molar refractivity (Wildman–Crippen MR) is 120 cm³/mol. The summed E-state index contributed by atoms with van der Waals surface area (Å²) in [6.07, 6.45) is 0. The highest BCUT2D eigenvalue weighted by atomic mass is 16.5.